The third-order valence-corrected chi connectivity index (χ3v) is 5.33. The number of aliphatic imine (C=N–C) groups is 1. The van der Waals surface area contributed by atoms with Crippen molar-refractivity contribution in [2.75, 3.05) is 33.9 Å². The van der Waals surface area contributed by atoms with Gasteiger partial charge in [0, 0.05) is 39.1 Å². The van der Waals surface area contributed by atoms with Gasteiger partial charge in [-0.3, -0.25) is 4.99 Å². The number of likely N-dealkylation sites (tertiary alicyclic amines) is 1. The monoisotopic (exact) mass is 395 g/mol. The minimum Gasteiger partial charge on any atom is -0.493 e. The Morgan fingerprint density at radius 1 is 1.41 bits per heavy atom. The van der Waals surface area contributed by atoms with E-state index < -0.39 is 0 Å². The van der Waals surface area contributed by atoms with Crippen molar-refractivity contribution in [2.45, 2.75) is 25.9 Å². The largest absolute Gasteiger partial charge is 0.493 e. The Bertz CT molecular complexity index is 857. The molecule has 1 aliphatic rings. The maximum Gasteiger partial charge on any atom is 0.193 e. The lowest BCUT2D eigenvalue weighted by Gasteiger charge is -2.39. The average Bonchev–Trinajstić information content (AvgIpc) is 3.28. The summed E-state index contributed by atoms with van der Waals surface area (Å²) in [6, 6.07) is 6.23. The van der Waals surface area contributed by atoms with E-state index in [2.05, 4.69) is 37.6 Å². The summed E-state index contributed by atoms with van der Waals surface area (Å²) in [5.41, 5.74) is 1.07. The molecule has 1 aromatic heterocycles. The first-order valence-electron chi connectivity index (χ1n) is 9.82. The summed E-state index contributed by atoms with van der Waals surface area (Å²) in [6.07, 6.45) is 12.2. The number of nitrogens with zero attached hydrogens (tertiary/aromatic N) is 4. The van der Waals surface area contributed by atoms with E-state index in [4.69, 9.17) is 15.9 Å². The molecule has 0 amide bonds. The van der Waals surface area contributed by atoms with Crippen molar-refractivity contribution >= 4 is 5.96 Å². The van der Waals surface area contributed by atoms with Gasteiger partial charge < -0.3 is 24.3 Å². The highest BCUT2D eigenvalue weighted by Crippen LogP contribution is 2.29. The van der Waals surface area contributed by atoms with Crippen LogP contribution in [-0.2, 0) is 6.54 Å². The van der Waals surface area contributed by atoms with Gasteiger partial charge in [0.1, 0.15) is 6.61 Å². The molecule has 2 aromatic rings. The number of hydrogen-bond acceptors (Lipinski definition) is 4. The molecule has 0 radical (unpaired) electrons. The number of aromatic nitrogens is 2. The summed E-state index contributed by atoms with van der Waals surface area (Å²) in [6.45, 7) is 5.01. The van der Waals surface area contributed by atoms with Crippen LogP contribution in [-0.4, -0.2) is 54.3 Å². The highest BCUT2D eigenvalue weighted by atomic mass is 16.5. The van der Waals surface area contributed by atoms with Gasteiger partial charge in [-0.15, -0.1) is 6.42 Å². The van der Waals surface area contributed by atoms with Crippen molar-refractivity contribution < 1.29 is 9.47 Å². The van der Waals surface area contributed by atoms with Gasteiger partial charge in [0.05, 0.1) is 19.5 Å². The Hall–Kier alpha value is -3.14. The Balaban J connectivity index is 1.65. The van der Waals surface area contributed by atoms with Crippen molar-refractivity contribution in [3.8, 4) is 23.8 Å². The summed E-state index contributed by atoms with van der Waals surface area (Å²) in [4.78, 5) is 11.0. The molecule has 154 valence electrons. The number of ether oxygens (including phenoxy) is 2. The van der Waals surface area contributed by atoms with E-state index in [1.807, 2.05) is 44.0 Å². The van der Waals surface area contributed by atoms with Gasteiger partial charge >= 0.3 is 0 Å². The maximum atomic E-state index is 5.60. The van der Waals surface area contributed by atoms with Crippen LogP contribution in [0, 0.1) is 18.3 Å². The molecule has 1 aromatic carbocycles. The number of nitrogens with one attached hydrogen (secondary N) is 1. The fourth-order valence-corrected chi connectivity index (χ4v) is 3.67. The molecule has 7 nitrogen and oxygen atoms in total. The fraction of sp³-hybridized carbons (Fsp3) is 0.455. The van der Waals surface area contributed by atoms with Crippen LogP contribution in [0.25, 0.3) is 0 Å². The van der Waals surface area contributed by atoms with Gasteiger partial charge in [0.25, 0.3) is 0 Å². The normalized spacial score (nSPS) is 19.5. The quantitative estimate of drug-likeness (QED) is 0.463. The summed E-state index contributed by atoms with van der Waals surface area (Å²) < 4.78 is 13.1. The molecular weight excluding hydrogens is 366 g/mol. The van der Waals surface area contributed by atoms with E-state index in [0.717, 1.165) is 31.0 Å². The van der Waals surface area contributed by atoms with Gasteiger partial charge in [-0.05, 0) is 30.0 Å². The van der Waals surface area contributed by atoms with Crippen molar-refractivity contribution in [1.82, 2.24) is 19.8 Å². The molecular formula is C22H29N5O2. The Morgan fingerprint density at radius 2 is 2.28 bits per heavy atom. The third-order valence-electron chi connectivity index (χ3n) is 5.33. The van der Waals surface area contributed by atoms with Gasteiger partial charge in [-0.25, -0.2) is 4.98 Å². The van der Waals surface area contributed by atoms with Crippen molar-refractivity contribution in [3.05, 3.63) is 42.5 Å². The number of rotatable bonds is 6. The second-order valence-corrected chi connectivity index (χ2v) is 7.17. The van der Waals surface area contributed by atoms with Crippen LogP contribution in [0.3, 0.4) is 0 Å². The first kappa shape index (κ1) is 20.6. The number of methoxy groups -OCH3 is 1. The highest BCUT2D eigenvalue weighted by Gasteiger charge is 2.28. The summed E-state index contributed by atoms with van der Waals surface area (Å²) in [5.74, 6) is 5.28. The van der Waals surface area contributed by atoms with E-state index in [-0.39, 0.29) is 6.61 Å². The SMILES string of the molecule is C#CCOc1cc(CNC(=NC)N2CCC(C)C(n3ccnc3)C2)ccc1OC. The molecule has 2 atom stereocenters. The van der Waals surface area contributed by atoms with Gasteiger partial charge in [0.2, 0.25) is 0 Å². The molecule has 0 saturated carbocycles. The number of terminal acetylenes is 1. The van der Waals surface area contributed by atoms with Crippen LogP contribution in [0.1, 0.15) is 24.9 Å². The summed E-state index contributed by atoms with van der Waals surface area (Å²) in [7, 11) is 3.44. The van der Waals surface area contributed by atoms with Crippen LogP contribution in [0.5, 0.6) is 11.5 Å². The predicted octanol–water partition coefficient (Wildman–Crippen LogP) is 2.56. The third kappa shape index (κ3) is 5.02. The van der Waals surface area contributed by atoms with Crippen LogP contribution < -0.4 is 14.8 Å². The second-order valence-electron chi connectivity index (χ2n) is 7.17. The molecule has 1 aliphatic heterocycles. The van der Waals surface area contributed by atoms with Gasteiger partial charge in [-0.2, -0.15) is 0 Å². The zero-order chi connectivity index (χ0) is 20.6. The zero-order valence-corrected chi connectivity index (χ0v) is 17.3. The number of hydrogen-bond donors (Lipinski definition) is 1. The molecule has 1 fully saturated rings. The lowest BCUT2D eigenvalue weighted by Crippen LogP contribution is -2.48. The van der Waals surface area contributed by atoms with E-state index in [1.165, 1.54) is 0 Å². The molecule has 2 heterocycles. The van der Waals surface area contributed by atoms with Crippen molar-refractivity contribution in [2.24, 2.45) is 10.9 Å². The van der Waals surface area contributed by atoms with Crippen LogP contribution >= 0.6 is 0 Å². The second kappa shape index (κ2) is 9.87. The Labute approximate surface area is 172 Å². The average molecular weight is 396 g/mol. The molecule has 2 unspecified atom stereocenters. The molecule has 1 N–H and O–H groups in total. The first-order valence-corrected chi connectivity index (χ1v) is 9.82. The lowest BCUT2D eigenvalue weighted by molar-refractivity contribution is 0.189. The highest BCUT2D eigenvalue weighted by molar-refractivity contribution is 5.80. The maximum absolute atomic E-state index is 5.60. The minimum absolute atomic E-state index is 0.205. The van der Waals surface area contributed by atoms with Crippen molar-refractivity contribution in [3.63, 3.8) is 0 Å². The molecule has 0 spiro atoms. The zero-order valence-electron chi connectivity index (χ0n) is 17.3. The van der Waals surface area contributed by atoms with Crippen LogP contribution in [0.2, 0.25) is 0 Å². The molecule has 7 heteroatoms. The van der Waals surface area contributed by atoms with E-state index >= 15 is 0 Å². The first-order chi connectivity index (χ1) is 14.2. The smallest absolute Gasteiger partial charge is 0.193 e. The Morgan fingerprint density at radius 3 is 2.97 bits per heavy atom. The van der Waals surface area contributed by atoms with E-state index in [0.29, 0.717) is 30.0 Å². The van der Waals surface area contributed by atoms with Gasteiger partial charge in [0.15, 0.2) is 17.5 Å². The van der Waals surface area contributed by atoms with Crippen molar-refractivity contribution in [1.29, 1.82) is 0 Å². The van der Waals surface area contributed by atoms with E-state index in [1.54, 1.807) is 7.11 Å². The topological polar surface area (TPSA) is 63.9 Å². The number of piperidine rings is 1. The molecule has 29 heavy (non-hydrogen) atoms. The molecule has 1 saturated heterocycles. The van der Waals surface area contributed by atoms with Gasteiger partial charge in [-0.1, -0.05) is 18.9 Å². The predicted molar refractivity (Wildman–Crippen MR) is 114 cm³/mol. The lowest BCUT2D eigenvalue weighted by atomic mass is 9.93. The van der Waals surface area contributed by atoms with E-state index in [9.17, 15) is 0 Å². The standard InChI is InChI=1S/C22H29N5O2/c1-5-12-29-21-13-18(6-7-20(21)28-4)14-25-22(23-3)26-10-8-17(2)19(15-26)27-11-9-24-16-27/h1,6-7,9,11,13,16-17,19H,8,10,12,14-15H2,2-4H3,(H,23,25). The molecule has 3 rings (SSSR count). The number of imidazole rings is 1. The molecule has 0 bridgehead atoms. The minimum atomic E-state index is 0.205. The van der Waals surface area contributed by atoms with Crippen LogP contribution in [0.15, 0.2) is 41.9 Å². The summed E-state index contributed by atoms with van der Waals surface area (Å²) >= 11 is 0. The number of guanidine groups is 1. The Kier molecular flexibility index (Phi) is 7.01. The van der Waals surface area contributed by atoms with Crippen LogP contribution in [0.4, 0.5) is 0 Å². The molecule has 0 aliphatic carbocycles. The fourth-order valence-electron chi connectivity index (χ4n) is 3.67. The summed E-state index contributed by atoms with van der Waals surface area (Å²) in [5, 5.41) is 3.47. The number of benzene rings is 1.